The Kier molecular flexibility index (Phi) is 8.30. The maximum atomic E-state index is 12.9. The minimum Gasteiger partial charge on any atom is -0.497 e. The third kappa shape index (κ3) is 5.71. The summed E-state index contributed by atoms with van der Waals surface area (Å²) in [7, 11) is 2.98. The van der Waals surface area contributed by atoms with Gasteiger partial charge in [0, 0.05) is 24.7 Å². The lowest BCUT2D eigenvalue weighted by Gasteiger charge is -2.20. The summed E-state index contributed by atoms with van der Waals surface area (Å²) < 4.78 is 10.4. The molecule has 35 heavy (non-hydrogen) atoms. The van der Waals surface area contributed by atoms with Gasteiger partial charge in [-0.05, 0) is 63.6 Å². The maximum Gasteiger partial charge on any atom is 0.256 e. The number of carbonyl (C=O) groups is 2. The van der Waals surface area contributed by atoms with E-state index in [1.807, 2.05) is 19.1 Å². The molecule has 184 valence electrons. The molecule has 0 aliphatic heterocycles. The average Bonchev–Trinajstić information content (AvgIpc) is 2.87. The predicted molar refractivity (Wildman–Crippen MR) is 138 cm³/mol. The SMILES string of the molecule is CCN(CC)c1ccc(/N=C2\C=C(NC(=O)c3cc(OC)cc(OC)c3)C(=O)C(Cl)=C2C)c(C)n1. The number of rotatable bonds is 8. The number of Topliss-reactive ketones (excluding diaryl/α,β-unsaturated/α-hetero) is 1. The zero-order valence-electron chi connectivity index (χ0n) is 20.7. The van der Waals surface area contributed by atoms with Crippen LogP contribution in [0.25, 0.3) is 0 Å². The maximum absolute atomic E-state index is 12.9. The van der Waals surface area contributed by atoms with E-state index in [0.29, 0.717) is 28.5 Å². The van der Waals surface area contributed by atoms with Crippen LogP contribution in [0.3, 0.4) is 0 Å². The summed E-state index contributed by atoms with van der Waals surface area (Å²) in [6.07, 6.45) is 1.52. The molecule has 0 unspecified atom stereocenters. The number of amides is 1. The number of hydrogen-bond donors (Lipinski definition) is 1. The van der Waals surface area contributed by atoms with E-state index in [-0.39, 0.29) is 16.3 Å². The number of carbonyl (C=O) groups excluding carboxylic acids is 2. The fourth-order valence-electron chi connectivity index (χ4n) is 3.57. The first-order valence-electron chi connectivity index (χ1n) is 11.2. The van der Waals surface area contributed by atoms with Gasteiger partial charge >= 0.3 is 0 Å². The van der Waals surface area contributed by atoms with Gasteiger partial charge < -0.3 is 19.7 Å². The van der Waals surface area contributed by atoms with Crippen LogP contribution in [0.5, 0.6) is 11.5 Å². The molecule has 0 fully saturated rings. The van der Waals surface area contributed by atoms with Gasteiger partial charge in [-0.3, -0.25) is 9.59 Å². The molecule has 1 aliphatic rings. The number of aromatic nitrogens is 1. The Labute approximate surface area is 210 Å². The van der Waals surface area contributed by atoms with E-state index in [4.69, 9.17) is 26.1 Å². The third-order valence-electron chi connectivity index (χ3n) is 5.67. The summed E-state index contributed by atoms with van der Waals surface area (Å²) >= 11 is 6.34. The van der Waals surface area contributed by atoms with Gasteiger partial charge in [0.25, 0.3) is 5.91 Å². The number of ether oxygens (including phenoxy) is 2. The average molecular weight is 497 g/mol. The van der Waals surface area contributed by atoms with Gasteiger partial charge in [0.1, 0.15) is 17.3 Å². The van der Waals surface area contributed by atoms with Crippen LogP contribution in [0.2, 0.25) is 0 Å². The van der Waals surface area contributed by atoms with Crippen molar-refractivity contribution in [3.05, 3.63) is 64.0 Å². The number of nitrogens with zero attached hydrogens (tertiary/aromatic N) is 3. The van der Waals surface area contributed by atoms with E-state index in [1.54, 1.807) is 25.1 Å². The van der Waals surface area contributed by atoms with Gasteiger partial charge in [-0.25, -0.2) is 9.98 Å². The Hall–Kier alpha value is -3.65. The van der Waals surface area contributed by atoms with Crippen LogP contribution >= 0.6 is 11.6 Å². The quantitative estimate of drug-likeness (QED) is 0.531. The number of benzene rings is 1. The Morgan fingerprint density at radius 3 is 2.26 bits per heavy atom. The number of aryl methyl sites for hydroxylation is 1. The molecule has 0 saturated carbocycles. The van der Waals surface area contributed by atoms with Crippen LogP contribution in [0.15, 0.2) is 57.7 Å². The normalized spacial score (nSPS) is 14.7. The summed E-state index contributed by atoms with van der Waals surface area (Å²) in [5.74, 6) is 0.777. The fourth-order valence-corrected chi connectivity index (χ4v) is 3.76. The predicted octanol–water partition coefficient (Wildman–Crippen LogP) is 4.74. The lowest BCUT2D eigenvalue weighted by molar-refractivity contribution is -0.112. The fraction of sp³-hybridized carbons (Fsp3) is 0.308. The minimum atomic E-state index is -0.508. The lowest BCUT2D eigenvalue weighted by atomic mass is 10.0. The Morgan fingerprint density at radius 2 is 1.71 bits per heavy atom. The van der Waals surface area contributed by atoms with Gasteiger partial charge in [-0.2, -0.15) is 0 Å². The molecule has 8 nitrogen and oxygen atoms in total. The number of allylic oxidation sites excluding steroid dienone is 3. The van der Waals surface area contributed by atoms with Crippen molar-refractivity contribution < 1.29 is 19.1 Å². The van der Waals surface area contributed by atoms with Gasteiger partial charge in [-0.15, -0.1) is 0 Å². The zero-order valence-corrected chi connectivity index (χ0v) is 21.5. The molecule has 0 atom stereocenters. The molecule has 0 spiro atoms. The first-order chi connectivity index (χ1) is 16.7. The first-order valence-corrected chi connectivity index (χ1v) is 11.6. The smallest absolute Gasteiger partial charge is 0.256 e. The van der Waals surface area contributed by atoms with Crippen molar-refractivity contribution in [3.8, 4) is 11.5 Å². The van der Waals surface area contributed by atoms with Crippen molar-refractivity contribution in [1.29, 1.82) is 0 Å². The number of hydrogen-bond acceptors (Lipinski definition) is 7. The van der Waals surface area contributed by atoms with Gasteiger partial charge in [0.2, 0.25) is 5.78 Å². The number of ketones is 1. The molecule has 9 heteroatoms. The summed E-state index contributed by atoms with van der Waals surface area (Å²) in [4.78, 5) is 37.2. The molecule has 3 rings (SSSR count). The second-order valence-electron chi connectivity index (χ2n) is 7.82. The highest BCUT2D eigenvalue weighted by atomic mass is 35.5. The lowest BCUT2D eigenvalue weighted by Crippen LogP contribution is -2.31. The third-order valence-corrected chi connectivity index (χ3v) is 6.13. The Morgan fingerprint density at radius 1 is 1.09 bits per heavy atom. The van der Waals surface area contributed by atoms with Crippen LogP contribution in [-0.2, 0) is 4.79 Å². The molecule has 0 saturated heterocycles. The number of anilines is 1. The van der Waals surface area contributed by atoms with E-state index in [0.717, 1.165) is 24.6 Å². The Balaban J connectivity index is 1.95. The van der Waals surface area contributed by atoms with E-state index in [9.17, 15) is 9.59 Å². The van der Waals surface area contributed by atoms with Crippen LogP contribution in [0, 0.1) is 6.92 Å². The van der Waals surface area contributed by atoms with Crippen molar-refractivity contribution in [2.24, 2.45) is 4.99 Å². The van der Waals surface area contributed by atoms with Gasteiger partial charge in [-0.1, -0.05) is 11.6 Å². The van der Waals surface area contributed by atoms with Crippen molar-refractivity contribution in [2.75, 3.05) is 32.2 Å². The standard InChI is InChI=1S/C26H29ClN4O4/c1-7-31(8-2)23-10-9-20(16(4)28-23)29-21-14-22(25(32)24(27)15(21)3)30-26(33)17-11-18(34-5)13-19(12-17)35-6/h9-14H,7-8H2,1-6H3,(H,30,33)/b29-21+. The monoisotopic (exact) mass is 496 g/mol. The van der Waals surface area contributed by atoms with Crippen LogP contribution in [0.1, 0.15) is 36.8 Å². The number of halogens is 1. The summed E-state index contributed by atoms with van der Waals surface area (Å²) in [5, 5.41) is 2.64. The van der Waals surface area contributed by atoms with Crippen molar-refractivity contribution >= 4 is 40.5 Å². The van der Waals surface area contributed by atoms with Crippen molar-refractivity contribution in [1.82, 2.24) is 10.3 Å². The molecule has 2 aromatic rings. The van der Waals surface area contributed by atoms with Crippen LogP contribution < -0.4 is 19.7 Å². The molecular weight excluding hydrogens is 468 g/mol. The molecule has 1 amide bonds. The van der Waals surface area contributed by atoms with E-state index in [1.165, 1.54) is 20.3 Å². The topological polar surface area (TPSA) is 93.1 Å². The zero-order chi connectivity index (χ0) is 25.7. The molecular formula is C26H29ClN4O4. The first kappa shape index (κ1) is 26.0. The highest BCUT2D eigenvalue weighted by Crippen LogP contribution is 2.28. The minimum absolute atomic E-state index is 0.00449. The van der Waals surface area contributed by atoms with E-state index < -0.39 is 11.7 Å². The van der Waals surface area contributed by atoms with Crippen LogP contribution in [0.4, 0.5) is 11.5 Å². The largest absolute Gasteiger partial charge is 0.497 e. The second kappa shape index (κ2) is 11.2. The van der Waals surface area contributed by atoms with Gasteiger partial charge in [0.15, 0.2) is 0 Å². The number of methoxy groups -OCH3 is 2. The molecule has 1 aromatic carbocycles. The summed E-state index contributed by atoms with van der Waals surface area (Å²) in [6.45, 7) is 9.44. The summed E-state index contributed by atoms with van der Waals surface area (Å²) in [5.41, 5.74) is 2.66. The highest BCUT2D eigenvalue weighted by molar-refractivity contribution is 6.49. The highest BCUT2D eigenvalue weighted by Gasteiger charge is 2.26. The molecule has 1 N–H and O–H groups in total. The van der Waals surface area contributed by atoms with E-state index in [2.05, 4.69) is 29.0 Å². The number of pyridine rings is 1. The van der Waals surface area contributed by atoms with Crippen molar-refractivity contribution in [2.45, 2.75) is 27.7 Å². The van der Waals surface area contributed by atoms with Crippen LogP contribution in [-0.4, -0.2) is 49.7 Å². The molecule has 0 radical (unpaired) electrons. The van der Waals surface area contributed by atoms with E-state index >= 15 is 0 Å². The second-order valence-corrected chi connectivity index (χ2v) is 8.20. The summed E-state index contributed by atoms with van der Waals surface area (Å²) in [6, 6.07) is 8.55. The molecule has 1 heterocycles. The van der Waals surface area contributed by atoms with Crippen molar-refractivity contribution in [3.63, 3.8) is 0 Å². The molecule has 0 bridgehead atoms. The number of aliphatic imine (C=N–C) groups is 1. The number of nitrogens with one attached hydrogen (secondary N) is 1. The molecule has 1 aliphatic carbocycles. The molecule has 1 aromatic heterocycles. The van der Waals surface area contributed by atoms with Gasteiger partial charge in [0.05, 0.1) is 42.0 Å². The Bertz CT molecular complexity index is 1220.